The molecule has 1 aliphatic heterocycles. The van der Waals surface area contributed by atoms with Crippen molar-refractivity contribution in [1.82, 2.24) is 15.1 Å². The minimum absolute atomic E-state index is 0.138. The summed E-state index contributed by atoms with van der Waals surface area (Å²) in [6.45, 7) is 1.85. The van der Waals surface area contributed by atoms with Gasteiger partial charge in [0.2, 0.25) is 5.91 Å². The van der Waals surface area contributed by atoms with Crippen LogP contribution in [0.15, 0.2) is 42.5 Å². The van der Waals surface area contributed by atoms with Crippen molar-refractivity contribution in [2.75, 3.05) is 20.6 Å². The third-order valence-corrected chi connectivity index (χ3v) is 5.35. The Morgan fingerprint density at radius 1 is 1.07 bits per heavy atom. The predicted molar refractivity (Wildman–Crippen MR) is 116 cm³/mol. The fourth-order valence-electron chi connectivity index (χ4n) is 3.56. The molecule has 2 amide bonds. The van der Waals surface area contributed by atoms with Gasteiger partial charge in [-0.15, -0.1) is 0 Å². The van der Waals surface area contributed by atoms with Crippen molar-refractivity contribution in [3.63, 3.8) is 0 Å². The number of nitrogens with zero attached hydrogens (tertiary/aromatic N) is 2. The zero-order valence-electron chi connectivity index (χ0n) is 16.6. The quantitative estimate of drug-likeness (QED) is 0.749. The molecule has 1 N–H and O–H groups in total. The first-order valence-electron chi connectivity index (χ1n) is 9.61. The van der Waals surface area contributed by atoms with Gasteiger partial charge >= 0.3 is 0 Å². The fraction of sp³-hybridized carbons (Fsp3) is 0.364. The Hall–Kier alpha value is -2.08. The van der Waals surface area contributed by atoms with Gasteiger partial charge in [0.25, 0.3) is 5.91 Å². The number of amides is 2. The summed E-state index contributed by atoms with van der Waals surface area (Å²) < 4.78 is 0. The van der Waals surface area contributed by atoms with E-state index in [0.717, 1.165) is 18.5 Å². The van der Waals surface area contributed by atoms with Crippen LogP contribution in [-0.2, 0) is 17.9 Å². The molecular weight excluding hydrogens is 409 g/mol. The lowest BCUT2D eigenvalue weighted by molar-refractivity contribution is -0.125. The van der Waals surface area contributed by atoms with Crippen LogP contribution >= 0.6 is 23.2 Å². The SMILES string of the molecule is CN(C)Cc1ccc(CNC(=O)[C@@H]2CCCN2C(=O)c2cc(Cl)cc(Cl)c2)cc1. The Labute approximate surface area is 181 Å². The lowest BCUT2D eigenvalue weighted by Gasteiger charge is -2.24. The molecule has 5 nitrogen and oxygen atoms in total. The van der Waals surface area contributed by atoms with E-state index < -0.39 is 6.04 Å². The van der Waals surface area contributed by atoms with Crippen molar-refractivity contribution in [3.8, 4) is 0 Å². The maximum absolute atomic E-state index is 12.9. The van der Waals surface area contributed by atoms with E-state index in [0.29, 0.717) is 35.1 Å². The Morgan fingerprint density at radius 3 is 2.31 bits per heavy atom. The molecule has 0 spiro atoms. The second-order valence-corrected chi connectivity index (χ2v) is 8.46. The highest BCUT2D eigenvalue weighted by atomic mass is 35.5. The number of nitrogens with one attached hydrogen (secondary N) is 1. The first-order chi connectivity index (χ1) is 13.8. The van der Waals surface area contributed by atoms with Crippen LogP contribution in [0.4, 0.5) is 0 Å². The van der Waals surface area contributed by atoms with Crippen LogP contribution in [0, 0.1) is 0 Å². The van der Waals surface area contributed by atoms with E-state index in [4.69, 9.17) is 23.2 Å². The fourth-order valence-corrected chi connectivity index (χ4v) is 4.09. The molecule has 1 atom stereocenters. The molecule has 2 aromatic carbocycles. The van der Waals surface area contributed by atoms with E-state index in [1.165, 1.54) is 5.56 Å². The highest BCUT2D eigenvalue weighted by Gasteiger charge is 2.34. The number of hydrogen-bond acceptors (Lipinski definition) is 3. The van der Waals surface area contributed by atoms with E-state index in [1.807, 2.05) is 26.2 Å². The number of carbonyl (C=O) groups is 2. The monoisotopic (exact) mass is 433 g/mol. The maximum Gasteiger partial charge on any atom is 0.254 e. The number of hydrogen-bond donors (Lipinski definition) is 1. The maximum atomic E-state index is 12.9. The predicted octanol–water partition coefficient (Wildman–Crippen LogP) is 3.98. The van der Waals surface area contributed by atoms with Crippen LogP contribution < -0.4 is 5.32 Å². The van der Waals surface area contributed by atoms with Crippen LogP contribution in [-0.4, -0.2) is 48.3 Å². The lowest BCUT2D eigenvalue weighted by atomic mass is 10.1. The molecule has 0 aliphatic carbocycles. The van der Waals surface area contributed by atoms with E-state index >= 15 is 0 Å². The molecule has 1 aliphatic rings. The summed E-state index contributed by atoms with van der Waals surface area (Å²) in [6.07, 6.45) is 1.44. The molecule has 1 saturated heterocycles. The molecular formula is C22H25Cl2N3O2. The summed E-state index contributed by atoms with van der Waals surface area (Å²) in [6, 6.07) is 12.4. The van der Waals surface area contributed by atoms with Gasteiger partial charge in [-0.25, -0.2) is 0 Å². The summed E-state index contributed by atoms with van der Waals surface area (Å²) in [7, 11) is 4.06. The van der Waals surface area contributed by atoms with Gasteiger partial charge in [0, 0.05) is 35.2 Å². The van der Waals surface area contributed by atoms with Crippen LogP contribution in [0.25, 0.3) is 0 Å². The molecule has 154 valence electrons. The highest BCUT2D eigenvalue weighted by molar-refractivity contribution is 6.35. The molecule has 7 heteroatoms. The highest BCUT2D eigenvalue weighted by Crippen LogP contribution is 2.24. The van der Waals surface area contributed by atoms with E-state index in [9.17, 15) is 9.59 Å². The van der Waals surface area contributed by atoms with Gasteiger partial charge in [-0.1, -0.05) is 47.5 Å². The average molecular weight is 434 g/mol. The molecule has 0 aromatic heterocycles. The second-order valence-electron chi connectivity index (χ2n) is 7.59. The van der Waals surface area contributed by atoms with Crippen molar-refractivity contribution in [1.29, 1.82) is 0 Å². The molecule has 1 fully saturated rings. The van der Waals surface area contributed by atoms with Crippen LogP contribution in [0.3, 0.4) is 0 Å². The summed E-state index contributed by atoms with van der Waals surface area (Å²) in [5.74, 6) is -0.360. The van der Waals surface area contributed by atoms with Gasteiger partial charge in [-0.2, -0.15) is 0 Å². The molecule has 2 aromatic rings. The van der Waals surface area contributed by atoms with E-state index in [2.05, 4.69) is 22.3 Å². The van der Waals surface area contributed by atoms with Crippen molar-refractivity contribution >= 4 is 35.0 Å². The average Bonchev–Trinajstić information content (AvgIpc) is 3.15. The number of carbonyl (C=O) groups excluding carboxylic acids is 2. The summed E-state index contributed by atoms with van der Waals surface area (Å²) in [5, 5.41) is 3.77. The first-order valence-corrected chi connectivity index (χ1v) is 10.4. The van der Waals surface area contributed by atoms with Gasteiger partial charge in [-0.05, 0) is 56.3 Å². The van der Waals surface area contributed by atoms with Crippen molar-refractivity contribution in [2.45, 2.75) is 32.0 Å². The van der Waals surface area contributed by atoms with Gasteiger partial charge in [0.1, 0.15) is 6.04 Å². The minimum Gasteiger partial charge on any atom is -0.350 e. The molecule has 0 unspecified atom stereocenters. The minimum atomic E-state index is -0.478. The molecule has 3 rings (SSSR count). The Kier molecular flexibility index (Phi) is 7.17. The van der Waals surface area contributed by atoms with Crippen molar-refractivity contribution < 1.29 is 9.59 Å². The zero-order chi connectivity index (χ0) is 21.0. The molecule has 1 heterocycles. The third kappa shape index (κ3) is 5.72. The standard InChI is InChI=1S/C22H25Cl2N3O2/c1-26(2)14-16-7-5-15(6-8-16)13-25-21(28)20-4-3-9-27(20)22(29)17-10-18(23)12-19(24)11-17/h5-8,10-12,20H,3-4,9,13-14H2,1-2H3,(H,25,28)/t20-/m0/s1. The van der Waals surface area contributed by atoms with Gasteiger partial charge < -0.3 is 15.1 Å². The Balaban J connectivity index is 1.61. The molecule has 29 heavy (non-hydrogen) atoms. The van der Waals surface area contributed by atoms with Gasteiger partial charge in [0.15, 0.2) is 0 Å². The smallest absolute Gasteiger partial charge is 0.254 e. The van der Waals surface area contributed by atoms with E-state index in [-0.39, 0.29) is 11.8 Å². The largest absolute Gasteiger partial charge is 0.350 e. The molecule has 0 saturated carbocycles. The van der Waals surface area contributed by atoms with Crippen molar-refractivity contribution in [3.05, 3.63) is 69.2 Å². The number of rotatable bonds is 6. The van der Waals surface area contributed by atoms with Crippen LogP contribution in [0.2, 0.25) is 10.0 Å². The lowest BCUT2D eigenvalue weighted by Crippen LogP contribution is -2.45. The third-order valence-electron chi connectivity index (χ3n) is 4.91. The number of likely N-dealkylation sites (tertiary alicyclic amines) is 1. The first kappa shape index (κ1) is 21.6. The molecule has 0 bridgehead atoms. The number of benzene rings is 2. The zero-order valence-corrected chi connectivity index (χ0v) is 18.1. The van der Waals surface area contributed by atoms with Crippen LogP contribution in [0.1, 0.15) is 34.3 Å². The van der Waals surface area contributed by atoms with Crippen molar-refractivity contribution in [2.24, 2.45) is 0 Å². The second kappa shape index (κ2) is 9.61. The summed E-state index contributed by atoms with van der Waals surface area (Å²) in [4.78, 5) is 29.4. The Morgan fingerprint density at radius 2 is 1.69 bits per heavy atom. The summed E-state index contributed by atoms with van der Waals surface area (Å²) >= 11 is 12.0. The Bertz CT molecular complexity index is 864. The normalized spacial score (nSPS) is 16.3. The molecule has 0 radical (unpaired) electrons. The summed E-state index contributed by atoms with van der Waals surface area (Å²) in [5.41, 5.74) is 2.65. The van der Waals surface area contributed by atoms with E-state index in [1.54, 1.807) is 23.1 Å². The topological polar surface area (TPSA) is 52.7 Å². The van der Waals surface area contributed by atoms with Crippen LogP contribution in [0.5, 0.6) is 0 Å². The van der Waals surface area contributed by atoms with Gasteiger partial charge in [0.05, 0.1) is 0 Å². The van der Waals surface area contributed by atoms with Gasteiger partial charge in [-0.3, -0.25) is 9.59 Å². The number of halogens is 2.